The second-order valence-electron chi connectivity index (χ2n) is 6.47. The average molecular weight is 432 g/mol. The van der Waals surface area contributed by atoms with Crippen molar-refractivity contribution in [3.63, 3.8) is 0 Å². The van der Waals surface area contributed by atoms with Gasteiger partial charge < -0.3 is 15.1 Å². The number of benzene rings is 1. The Balaban J connectivity index is 1.42. The lowest BCUT2D eigenvalue weighted by Gasteiger charge is -2.13. The summed E-state index contributed by atoms with van der Waals surface area (Å²) in [6.07, 6.45) is 7.68. The van der Waals surface area contributed by atoms with Gasteiger partial charge in [-0.2, -0.15) is 10.2 Å². The maximum absolute atomic E-state index is 12.7. The third kappa shape index (κ3) is 3.69. The van der Waals surface area contributed by atoms with Crippen LogP contribution in [0.1, 0.15) is 0 Å². The topological polar surface area (TPSA) is 111 Å². The Kier molecular flexibility index (Phi) is 4.77. The molecule has 4 heterocycles. The first-order valence-corrected chi connectivity index (χ1v) is 9.59. The highest BCUT2D eigenvalue weighted by atomic mass is 35.5. The second-order valence-corrected chi connectivity index (χ2v) is 6.88. The number of carbonyl (C=O) groups is 1. The van der Waals surface area contributed by atoms with Crippen molar-refractivity contribution >= 4 is 39.9 Å². The lowest BCUT2D eigenvalue weighted by atomic mass is 10.1. The zero-order chi connectivity index (χ0) is 21.2. The Hall–Kier alpha value is -4.24. The van der Waals surface area contributed by atoms with Crippen molar-refractivity contribution in [3.8, 4) is 17.1 Å². The van der Waals surface area contributed by atoms with Crippen molar-refractivity contribution in [2.45, 2.75) is 0 Å². The van der Waals surface area contributed by atoms with Gasteiger partial charge in [0.15, 0.2) is 5.82 Å². The van der Waals surface area contributed by atoms with Crippen LogP contribution in [0, 0.1) is 0 Å². The number of halogens is 1. The standard InChI is InChI=1S/C21H14ClN7O2/c22-15-10-13(11-24-20(15)29-25-7-8-26-29)27-21(30)28-17-12-23-16-5-2-1-4-14(16)19(17)18-6-3-9-31-18/h1-12H,(H2,27,28,30). The monoisotopic (exact) mass is 431 g/mol. The van der Waals surface area contributed by atoms with Crippen LogP contribution in [0.2, 0.25) is 5.02 Å². The maximum Gasteiger partial charge on any atom is 0.323 e. The SMILES string of the molecule is O=C(Nc1cnc(-n2nccn2)c(Cl)c1)Nc1cnc2ccccc2c1-c1ccco1. The van der Waals surface area contributed by atoms with Crippen molar-refractivity contribution in [2.24, 2.45) is 0 Å². The molecule has 9 nitrogen and oxygen atoms in total. The number of aromatic nitrogens is 5. The molecule has 0 atom stereocenters. The number of urea groups is 1. The Bertz CT molecular complexity index is 1370. The number of fused-ring (bicyclic) bond motifs is 1. The number of nitrogens with zero attached hydrogens (tertiary/aromatic N) is 5. The molecule has 10 heteroatoms. The summed E-state index contributed by atoms with van der Waals surface area (Å²) >= 11 is 6.27. The average Bonchev–Trinajstić information content (AvgIpc) is 3.48. The fourth-order valence-electron chi connectivity index (χ4n) is 3.18. The van der Waals surface area contributed by atoms with E-state index < -0.39 is 6.03 Å². The molecular formula is C21H14ClN7O2. The van der Waals surface area contributed by atoms with Crippen LogP contribution in [-0.2, 0) is 0 Å². The molecule has 2 N–H and O–H groups in total. The molecule has 0 aliphatic rings. The van der Waals surface area contributed by atoms with Crippen LogP contribution in [0.15, 0.2) is 77.9 Å². The van der Waals surface area contributed by atoms with Crippen LogP contribution in [-0.4, -0.2) is 31.0 Å². The number of hydrogen-bond donors (Lipinski definition) is 2. The van der Waals surface area contributed by atoms with Gasteiger partial charge in [0.2, 0.25) is 0 Å². The summed E-state index contributed by atoms with van der Waals surface area (Å²) in [4.78, 5) is 22.6. The first-order valence-electron chi connectivity index (χ1n) is 9.21. The number of anilines is 2. The lowest BCUT2D eigenvalue weighted by molar-refractivity contribution is 0.262. The molecule has 2 amide bonds. The zero-order valence-corrected chi connectivity index (χ0v) is 16.6. The van der Waals surface area contributed by atoms with Crippen LogP contribution in [0.4, 0.5) is 16.2 Å². The molecule has 0 spiro atoms. The van der Waals surface area contributed by atoms with Gasteiger partial charge in [0.05, 0.1) is 58.5 Å². The zero-order valence-electron chi connectivity index (χ0n) is 15.9. The van der Waals surface area contributed by atoms with Gasteiger partial charge in [-0.1, -0.05) is 29.8 Å². The van der Waals surface area contributed by atoms with Crippen molar-refractivity contribution < 1.29 is 9.21 Å². The van der Waals surface area contributed by atoms with Gasteiger partial charge in [0, 0.05) is 5.39 Å². The van der Waals surface area contributed by atoms with E-state index in [0.717, 1.165) is 16.5 Å². The fraction of sp³-hybridized carbons (Fsp3) is 0. The molecule has 0 fully saturated rings. The third-order valence-electron chi connectivity index (χ3n) is 4.48. The van der Waals surface area contributed by atoms with E-state index in [2.05, 4.69) is 30.8 Å². The third-order valence-corrected chi connectivity index (χ3v) is 4.76. The normalized spacial score (nSPS) is 10.9. The Morgan fingerprint density at radius 1 is 1.00 bits per heavy atom. The molecule has 1 aromatic carbocycles. The minimum absolute atomic E-state index is 0.289. The largest absolute Gasteiger partial charge is 0.464 e. The van der Waals surface area contributed by atoms with E-state index in [9.17, 15) is 4.79 Å². The van der Waals surface area contributed by atoms with Gasteiger partial charge in [-0.3, -0.25) is 4.98 Å². The van der Waals surface area contributed by atoms with Crippen LogP contribution >= 0.6 is 11.6 Å². The van der Waals surface area contributed by atoms with Crippen LogP contribution in [0.5, 0.6) is 0 Å². The van der Waals surface area contributed by atoms with E-state index >= 15 is 0 Å². The summed E-state index contributed by atoms with van der Waals surface area (Å²) in [5, 5.41) is 14.7. The molecule has 0 bridgehead atoms. The molecule has 0 aliphatic carbocycles. The molecular weight excluding hydrogens is 418 g/mol. The molecule has 0 saturated carbocycles. The number of pyridine rings is 2. The quantitative estimate of drug-likeness (QED) is 0.424. The highest BCUT2D eigenvalue weighted by molar-refractivity contribution is 6.32. The predicted octanol–water partition coefficient (Wildman–Crippen LogP) is 4.77. The van der Waals surface area contributed by atoms with Crippen molar-refractivity contribution in [2.75, 3.05) is 10.6 Å². The van der Waals surface area contributed by atoms with Gasteiger partial charge in [-0.25, -0.2) is 9.78 Å². The van der Waals surface area contributed by atoms with Gasteiger partial charge in [0.1, 0.15) is 5.76 Å². The number of furan rings is 1. The number of para-hydroxylation sites is 1. The van der Waals surface area contributed by atoms with Crippen LogP contribution in [0.25, 0.3) is 28.0 Å². The van der Waals surface area contributed by atoms with E-state index in [1.807, 2.05) is 30.3 Å². The minimum Gasteiger partial charge on any atom is -0.464 e. The molecule has 5 rings (SSSR count). The fourth-order valence-corrected chi connectivity index (χ4v) is 3.42. The second kappa shape index (κ2) is 7.88. The number of rotatable bonds is 4. The smallest absolute Gasteiger partial charge is 0.323 e. The van der Waals surface area contributed by atoms with E-state index in [4.69, 9.17) is 16.0 Å². The van der Waals surface area contributed by atoms with Crippen molar-refractivity contribution in [3.05, 3.63) is 78.5 Å². The number of nitrogens with one attached hydrogen (secondary N) is 2. The number of carbonyl (C=O) groups excluding carboxylic acids is 1. The summed E-state index contributed by atoms with van der Waals surface area (Å²) < 4.78 is 5.59. The number of hydrogen-bond acceptors (Lipinski definition) is 6. The summed E-state index contributed by atoms with van der Waals surface area (Å²) in [5.41, 5.74) is 2.44. The van der Waals surface area contributed by atoms with Crippen LogP contribution < -0.4 is 10.6 Å². The van der Waals surface area contributed by atoms with Gasteiger partial charge in [0.25, 0.3) is 0 Å². The molecule has 0 aliphatic heterocycles. The van der Waals surface area contributed by atoms with E-state index in [-0.39, 0.29) is 5.02 Å². The summed E-state index contributed by atoms with van der Waals surface area (Å²) in [6.45, 7) is 0. The van der Waals surface area contributed by atoms with Crippen LogP contribution in [0.3, 0.4) is 0 Å². The summed E-state index contributed by atoms with van der Waals surface area (Å²) in [5.74, 6) is 0.978. The van der Waals surface area contributed by atoms with Gasteiger partial charge in [-0.15, -0.1) is 4.80 Å². The van der Waals surface area contributed by atoms with Crippen molar-refractivity contribution in [1.82, 2.24) is 25.0 Å². The highest BCUT2D eigenvalue weighted by Gasteiger charge is 2.16. The molecule has 4 aromatic heterocycles. The summed E-state index contributed by atoms with van der Waals surface area (Å²) in [7, 11) is 0. The van der Waals surface area contributed by atoms with E-state index in [1.165, 1.54) is 23.4 Å². The Labute approximate surface area is 180 Å². The Morgan fingerprint density at radius 2 is 1.84 bits per heavy atom. The molecule has 152 valence electrons. The van der Waals surface area contributed by atoms with Gasteiger partial charge >= 0.3 is 6.03 Å². The molecule has 0 saturated heterocycles. The molecule has 5 aromatic rings. The highest BCUT2D eigenvalue weighted by Crippen LogP contribution is 2.34. The lowest BCUT2D eigenvalue weighted by Crippen LogP contribution is -2.20. The first kappa shape index (κ1) is 18.8. The number of amides is 2. The van der Waals surface area contributed by atoms with Crippen molar-refractivity contribution in [1.29, 1.82) is 0 Å². The van der Waals surface area contributed by atoms with E-state index in [1.54, 1.807) is 24.6 Å². The predicted molar refractivity (Wildman–Crippen MR) is 116 cm³/mol. The molecule has 0 unspecified atom stereocenters. The minimum atomic E-state index is -0.479. The van der Waals surface area contributed by atoms with Gasteiger partial charge in [-0.05, 0) is 24.3 Å². The van der Waals surface area contributed by atoms with E-state index in [0.29, 0.717) is 23.0 Å². The summed E-state index contributed by atoms with van der Waals surface area (Å²) in [6, 6.07) is 12.3. The maximum atomic E-state index is 12.7. The Morgan fingerprint density at radius 3 is 2.61 bits per heavy atom. The first-order chi connectivity index (χ1) is 15.2. The molecule has 0 radical (unpaired) electrons. The molecule has 31 heavy (non-hydrogen) atoms.